The summed E-state index contributed by atoms with van der Waals surface area (Å²) in [4.78, 5) is 10.7. The van der Waals surface area contributed by atoms with E-state index in [1.807, 2.05) is 13.8 Å². The summed E-state index contributed by atoms with van der Waals surface area (Å²) in [5.74, 6) is -0.827. The summed E-state index contributed by atoms with van der Waals surface area (Å²) < 4.78 is 5.48. The van der Waals surface area contributed by atoms with Gasteiger partial charge in [0.05, 0.1) is 18.1 Å². The molecule has 4 unspecified atom stereocenters. The van der Waals surface area contributed by atoms with Gasteiger partial charge in [-0.1, -0.05) is 6.92 Å². The van der Waals surface area contributed by atoms with Crippen molar-refractivity contribution < 1.29 is 14.6 Å². The fourth-order valence-corrected chi connectivity index (χ4v) is 1.89. The molecule has 3 nitrogen and oxygen atoms in total. The Morgan fingerprint density at radius 3 is 2.50 bits per heavy atom. The molecule has 1 N–H and O–H groups in total. The topological polar surface area (TPSA) is 46.5 Å². The molecule has 0 radical (unpaired) electrons. The van der Waals surface area contributed by atoms with Crippen LogP contribution in [0.1, 0.15) is 27.2 Å². The molecule has 0 spiro atoms. The molecule has 1 aliphatic heterocycles. The van der Waals surface area contributed by atoms with E-state index in [9.17, 15) is 4.79 Å². The van der Waals surface area contributed by atoms with Crippen molar-refractivity contribution >= 4 is 5.97 Å². The SMILES string of the molecule is CC1CC(C(C)C(=O)O)C(C)O1. The maximum Gasteiger partial charge on any atom is 0.306 e. The third kappa shape index (κ3) is 1.78. The number of hydrogen-bond acceptors (Lipinski definition) is 2. The van der Waals surface area contributed by atoms with Crippen molar-refractivity contribution in [2.45, 2.75) is 39.4 Å². The summed E-state index contributed by atoms with van der Waals surface area (Å²) in [5.41, 5.74) is 0. The van der Waals surface area contributed by atoms with Crippen LogP contribution >= 0.6 is 0 Å². The van der Waals surface area contributed by atoms with Gasteiger partial charge >= 0.3 is 5.97 Å². The fourth-order valence-electron chi connectivity index (χ4n) is 1.89. The van der Waals surface area contributed by atoms with E-state index in [-0.39, 0.29) is 24.0 Å². The highest BCUT2D eigenvalue weighted by Gasteiger charge is 2.36. The second-order valence-electron chi connectivity index (χ2n) is 3.68. The van der Waals surface area contributed by atoms with E-state index >= 15 is 0 Å². The van der Waals surface area contributed by atoms with Crippen molar-refractivity contribution in [2.75, 3.05) is 0 Å². The van der Waals surface area contributed by atoms with E-state index in [2.05, 4.69) is 0 Å². The third-order valence-electron chi connectivity index (χ3n) is 2.69. The van der Waals surface area contributed by atoms with Gasteiger partial charge in [0.1, 0.15) is 0 Å². The monoisotopic (exact) mass is 172 g/mol. The minimum absolute atomic E-state index is 0.0890. The zero-order valence-corrected chi connectivity index (χ0v) is 7.78. The van der Waals surface area contributed by atoms with Crippen molar-refractivity contribution in [1.82, 2.24) is 0 Å². The molecule has 1 rings (SSSR count). The molecule has 12 heavy (non-hydrogen) atoms. The van der Waals surface area contributed by atoms with Crippen LogP contribution in [0, 0.1) is 11.8 Å². The van der Waals surface area contributed by atoms with Gasteiger partial charge < -0.3 is 9.84 Å². The molecule has 1 aliphatic rings. The first-order valence-electron chi connectivity index (χ1n) is 4.40. The second-order valence-corrected chi connectivity index (χ2v) is 3.68. The van der Waals surface area contributed by atoms with Gasteiger partial charge in [-0.15, -0.1) is 0 Å². The lowest BCUT2D eigenvalue weighted by Crippen LogP contribution is -2.25. The van der Waals surface area contributed by atoms with Crippen LogP contribution in [0.25, 0.3) is 0 Å². The minimum Gasteiger partial charge on any atom is -0.481 e. The molecule has 1 saturated heterocycles. The Bertz CT molecular complexity index is 179. The number of aliphatic carboxylic acids is 1. The molecule has 0 saturated carbocycles. The quantitative estimate of drug-likeness (QED) is 0.687. The average molecular weight is 172 g/mol. The summed E-state index contributed by atoms with van der Waals surface area (Å²) in [6.07, 6.45) is 1.17. The Hall–Kier alpha value is -0.570. The predicted molar refractivity (Wildman–Crippen MR) is 44.9 cm³/mol. The van der Waals surface area contributed by atoms with Gasteiger partial charge in [-0.25, -0.2) is 0 Å². The zero-order valence-electron chi connectivity index (χ0n) is 7.78. The van der Waals surface area contributed by atoms with Crippen LogP contribution in [0.3, 0.4) is 0 Å². The van der Waals surface area contributed by atoms with Crippen LogP contribution in [0.15, 0.2) is 0 Å². The highest BCUT2D eigenvalue weighted by Crippen LogP contribution is 2.31. The third-order valence-corrected chi connectivity index (χ3v) is 2.69. The van der Waals surface area contributed by atoms with E-state index in [0.717, 1.165) is 6.42 Å². The fraction of sp³-hybridized carbons (Fsp3) is 0.889. The highest BCUT2D eigenvalue weighted by atomic mass is 16.5. The number of ether oxygens (including phenoxy) is 1. The van der Waals surface area contributed by atoms with Gasteiger partial charge in [0, 0.05) is 5.92 Å². The molecule has 3 heteroatoms. The van der Waals surface area contributed by atoms with Gasteiger partial charge in [0.2, 0.25) is 0 Å². The highest BCUT2D eigenvalue weighted by molar-refractivity contribution is 5.70. The van der Waals surface area contributed by atoms with Gasteiger partial charge in [0.25, 0.3) is 0 Å². The van der Waals surface area contributed by atoms with E-state index < -0.39 is 5.97 Å². The first kappa shape index (κ1) is 9.52. The van der Waals surface area contributed by atoms with Gasteiger partial charge in [-0.2, -0.15) is 0 Å². The summed E-state index contributed by atoms with van der Waals surface area (Å²) in [5, 5.41) is 8.79. The van der Waals surface area contributed by atoms with E-state index in [1.54, 1.807) is 6.92 Å². The van der Waals surface area contributed by atoms with Gasteiger partial charge in [-0.05, 0) is 20.3 Å². The predicted octanol–water partition coefficient (Wildman–Crippen LogP) is 1.52. The number of rotatable bonds is 2. The zero-order chi connectivity index (χ0) is 9.30. The summed E-state index contributed by atoms with van der Waals surface area (Å²) in [6.45, 7) is 5.70. The van der Waals surface area contributed by atoms with Crippen molar-refractivity contribution in [2.24, 2.45) is 11.8 Å². The molecule has 0 aliphatic carbocycles. The normalized spacial score (nSPS) is 38.1. The lowest BCUT2D eigenvalue weighted by atomic mass is 9.88. The molecule has 0 aromatic heterocycles. The molecule has 1 heterocycles. The Labute approximate surface area is 72.7 Å². The Morgan fingerprint density at radius 2 is 2.17 bits per heavy atom. The molecule has 4 atom stereocenters. The molecule has 70 valence electrons. The number of hydrogen-bond donors (Lipinski definition) is 1. The lowest BCUT2D eigenvalue weighted by molar-refractivity contribution is -0.143. The molecular weight excluding hydrogens is 156 g/mol. The summed E-state index contributed by atoms with van der Waals surface area (Å²) >= 11 is 0. The van der Waals surface area contributed by atoms with Crippen LogP contribution in [0.4, 0.5) is 0 Å². The smallest absolute Gasteiger partial charge is 0.306 e. The molecule has 0 amide bonds. The Morgan fingerprint density at radius 1 is 1.58 bits per heavy atom. The van der Waals surface area contributed by atoms with Crippen LogP contribution in [-0.4, -0.2) is 23.3 Å². The molecule has 0 aromatic carbocycles. The maximum absolute atomic E-state index is 10.7. The number of carbonyl (C=O) groups is 1. The van der Waals surface area contributed by atoms with Crippen LogP contribution < -0.4 is 0 Å². The summed E-state index contributed by atoms with van der Waals surface area (Å²) in [6, 6.07) is 0. The van der Waals surface area contributed by atoms with Crippen molar-refractivity contribution in [3.8, 4) is 0 Å². The Balaban J connectivity index is 2.57. The van der Waals surface area contributed by atoms with E-state index in [1.165, 1.54) is 0 Å². The van der Waals surface area contributed by atoms with Crippen LogP contribution in [0.2, 0.25) is 0 Å². The van der Waals surface area contributed by atoms with Crippen molar-refractivity contribution in [1.29, 1.82) is 0 Å². The Kier molecular flexibility index (Phi) is 2.73. The van der Waals surface area contributed by atoms with Gasteiger partial charge in [-0.3, -0.25) is 4.79 Å². The van der Waals surface area contributed by atoms with E-state index in [0.29, 0.717) is 0 Å². The summed E-state index contributed by atoms with van der Waals surface area (Å²) in [7, 11) is 0. The first-order chi connectivity index (χ1) is 5.52. The second kappa shape index (κ2) is 3.44. The van der Waals surface area contributed by atoms with Crippen molar-refractivity contribution in [3.63, 3.8) is 0 Å². The maximum atomic E-state index is 10.7. The standard InChI is InChI=1S/C9H16O3/c1-5-4-8(7(3)12-5)6(2)9(10)11/h5-8H,4H2,1-3H3,(H,10,11). The molecule has 0 aromatic rings. The molecular formula is C9H16O3. The van der Waals surface area contributed by atoms with E-state index in [4.69, 9.17) is 9.84 Å². The van der Waals surface area contributed by atoms with Crippen LogP contribution in [-0.2, 0) is 9.53 Å². The molecule has 1 fully saturated rings. The minimum atomic E-state index is -0.718. The molecule has 0 bridgehead atoms. The van der Waals surface area contributed by atoms with Gasteiger partial charge in [0.15, 0.2) is 0 Å². The van der Waals surface area contributed by atoms with Crippen LogP contribution in [0.5, 0.6) is 0 Å². The number of carboxylic acid groups (broad SMARTS) is 1. The average Bonchev–Trinajstić information content (AvgIpc) is 2.28. The number of carboxylic acids is 1. The first-order valence-corrected chi connectivity index (χ1v) is 4.40. The largest absolute Gasteiger partial charge is 0.481 e. The lowest BCUT2D eigenvalue weighted by Gasteiger charge is -2.17. The van der Waals surface area contributed by atoms with Crippen molar-refractivity contribution in [3.05, 3.63) is 0 Å².